The van der Waals surface area contributed by atoms with Gasteiger partial charge in [0.15, 0.2) is 0 Å². The molecule has 0 fully saturated rings. The zero-order valence-electron chi connectivity index (χ0n) is 7.47. The Morgan fingerprint density at radius 2 is 2.17 bits per heavy atom. The molecule has 3 heteroatoms. The molecule has 0 saturated heterocycles. The third-order valence-electron chi connectivity index (χ3n) is 1.67. The second-order valence-electron chi connectivity index (χ2n) is 2.87. The fourth-order valence-electron chi connectivity index (χ4n) is 1.08. The van der Waals surface area contributed by atoms with Crippen LogP contribution in [0.5, 0.6) is 0 Å². The lowest BCUT2D eigenvalue weighted by Gasteiger charge is -2.00. The highest BCUT2D eigenvalue weighted by molar-refractivity contribution is 6.28. The highest BCUT2D eigenvalue weighted by atomic mass is 35.5. The van der Waals surface area contributed by atoms with Gasteiger partial charge in [0.2, 0.25) is 5.28 Å². The minimum Gasteiger partial charge on any atom is -0.223 e. The molecule has 0 aliphatic heterocycles. The van der Waals surface area contributed by atoms with E-state index >= 15 is 0 Å². The molecule has 0 amide bonds. The standard InChI is InChI=1S/C9H13ClN2/c1-3-4-5-8-6-7(2)11-9(10)12-8/h6H,3-5H2,1-2H3. The third kappa shape index (κ3) is 2.78. The first-order valence-electron chi connectivity index (χ1n) is 4.22. The van der Waals surface area contributed by atoms with Crippen LogP contribution in [-0.2, 0) is 6.42 Å². The topological polar surface area (TPSA) is 25.8 Å². The van der Waals surface area contributed by atoms with E-state index in [4.69, 9.17) is 11.6 Å². The molecule has 0 radical (unpaired) electrons. The van der Waals surface area contributed by atoms with Crippen LogP contribution in [0.3, 0.4) is 0 Å². The second kappa shape index (κ2) is 4.41. The van der Waals surface area contributed by atoms with Gasteiger partial charge in [-0.3, -0.25) is 0 Å². The average Bonchev–Trinajstić information content (AvgIpc) is 1.99. The van der Waals surface area contributed by atoms with Crippen molar-refractivity contribution < 1.29 is 0 Å². The highest BCUT2D eigenvalue weighted by Crippen LogP contribution is 2.07. The lowest BCUT2D eigenvalue weighted by Crippen LogP contribution is -1.94. The number of unbranched alkanes of at least 4 members (excludes halogenated alkanes) is 1. The monoisotopic (exact) mass is 184 g/mol. The molecule has 0 aromatic carbocycles. The van der Waals surface area contributed by atoms with Crippen molar-refractivity contribution >= 4 is 11.6 Å². The van der Waals surface area contributed by atoms with E-state index in [-0.39, 0.29) is 0 Å². The zero-order valence-corrected chi connectivity index (χ0v) is 8.23. The minimum absolute atomic E-state index is 0.362. The molecule has 0 aliphatic carbocycles. The number of rotatable bonds is 3. The summed E-state index contributed by atoms with van der Waals surface area (Å²) in [5.41, 5.74) is 2.00. The van der Waals surface area contributed by atoms with Gasteiger partial charge in [-0.15, -0.1) is 0 Å². The SMILES string of the molecule is CCCCc1cc(C)nc(Cl)n1. The maximum absolute atomic E-state index is 5.71. The summed E-state index contributed by atoms with van der Waals surface area (Å²) in [6.07, 6.45) is 3.34. The number of aryl methyl sites for hydroxylation is 2. The number of nitrogens with zero attached hydrogens (tertiary/aromatic N) is 2. The maximum atomic E-state index is 5.71. The fourth-order valence-corrected chi connectivity index (χ4v) is 1.32. The summed E-state index contributed by atoms with van der Waals surface area (Å²) in [7, 11) is 0. The summed E-state index contributed by atoms with van der Waals surface area (Å²) in [4.78, 5) is 8.12. The molecule has 0 bridgehead atoms. The van der Waals surface area contributed by atoms with Crippen LogP contribution in [0.15, 0.2) is 6.07 Å². The van der Waals surface area contributed by atoms with Crippen LogP contribution in [-0.4, -0.2) is 9.97 Å². The number of hydrogen-bond donors (Lipinski definition) is 0. The van der Waals surface area contributed by atoms with Crippen LogP contribution in [0.4, 0.5) is 0 Å². The Kier molecular flexibility index (Phi) is 3.48. The van der Waals surface area contributed by atoms with Crippen molar-refractivity contribution in [2.45, 2.75) is 33.1 Å². The van der Waals surface area contributed by atoms with Crippen LogP contribution in [0.1, 0.15) is 31.2 Å². The zero-order chi connectivity index (χ0) is 8.97. The van der Waals surface area contributed by atoms with Crippen LogP contribution in [0.25, 0.3) is 0 Å². The lowest BCUT2D eigenvalue weighted by molar-refractivity contribution is 0.771. The summed E-state index contributed by atoms with van der Waals surface area (Å²) in [6.45, 7) is 4.10. The lowest BCUT2D eigenvalue weighted by atomic mass is 10.2. The van der Waals surface area contributed by atoms with Crippen LogP contribution < -0.4 is 0 Å². The van der Waals surface area contributed by atoms with Gasteiger partial charge in [-0.05, 0) is 37.4 Å². The summed E-state index contributed by atoms with van der Waals surface area (Å²) >= 11 is 5.71. The predicted octanol–water partition coefficient (Wildman–Crippen LogP) is 2.78. The smallest absolute Gasteiger partial charge is 0.222 e. The summed E-state index contributed by atoms with van der Waals surface area (Å²) < 4.78 is 0. The summed E-state index contributed by atoms with van der Waals surface area (Å²) in [5, 5.41) is 0.362. The van der Waals surface area contributed by atoms with Gasteiger partial charge in [0.05, 0.1) is 0 Å². The molecule has 0 spiro atoms. The Morgan fingerprint density at radius 1 is 1.42 bits per heavy atom. The molecule has 1 aromatic rings. The van der Waals surface area contributed by atoms with Gasteiger partial charge >= 0.3 is 0 Å². The summed E-state index contributed by atoms with van der Waals surface area (Å²) in [6, 6.07) is 1.99. The van der Waals surface area contributed by atoms with Crippen molar-refractivity contribution in [1.29, 1.82) is 0 Å². The minimum atomic E-state index is 0.362. The Bertz CT molecular complexity index is 240. The van der Waals surface area contributed by atoms with E-state index in [0.29, 0.717) is 5.28 Å². The average molecular weight is 185 g/mol. The molecule has 1 aromatic heterocycles. The van der Waals surface area contributed by atoms with Gasteiger partial charge in [-0.25, -0.2) is 9.97 Å². The Balaban J connectivity index is 2.72. The first kappa shape index (κ1) is 9.46. The van der Waals surface area contributed by atoms with Gasteiger partial charge < -0.3 is 0 Å². The van der Waals surface area contributed by atoms with Crippen molar-refractivity contribution in [2.75, 3.05) is 0 Å². The van der Waals surface area contributed by atoms with E-state index < -0.39 is 0 Å². The van der Waals surface area contributed by atoms with E-state index in [1.165, 1.54) is 6.42 Å². The third-order valence-corrected chi connectivity index (χ3v) is 1.84. The van der Waals surface area contributed by atoms with Crippen molar-refractivity contribution in [1.82, 2.24) is 9.97 Å². The van der Waals surface area contributed by atoms with E-state index in [2.05, 4.69) is 16.9 Å². The van der Waals surface area contributed by atoms with Gasteiger partial charge in [-0.2, -0.15) is 0 Å². The molecule has 66 valence electrons. The van der Waals surface area contributed by atoms with Gasteiger partial charge in [0.25, 0.3) is 0 Å². The van der Waals surface area contributed by atoms with E-state index in [0.717, 1.165) is 24.2 Å². The Morgan fingerprint density at radius 3 is 2.75 bits per heavy atom. The van der Waals surface area contributed by atoms with Crippen molar-refractivity contribution in [2.24, 2.45) is 0 Å². The maximum Gasteiger partial charge on any atom is 0.222 e. The summed E-state index contributed by atoms with van der Waals surface area (Å²) in [5.74, 6) is 0. The Hall–Kier alpha value is -0.630. The molecule has 2 nitrogen and oxygen atoms in total. The second-order valence-corrected chi connectivity index (χ2v) is 3.21. The normalized spacial score (nSPS) is 10.2. The molecule has 0 aliphatic rings. The van der Waals surface area contributed by atoms with E-state index in [9.17, 15) is 0 Å². The molecule has 1 rings (SSSR count). The highest BCUT2D eigenvalue weighted by Gasteiger charge is 1.98. The largest absolute Gasteiger partial charge is 0.223 e. The molecule has 12 heavy (non-hydrogen) atoms. The molecule has 0 atom stereocenters. The van der Waals surface area contributed by atoms with Gasteiger partial charge in [-0.1, -0.05) is 13.3 Å². The van der Waals surface area contributed by atoms with Crippen molar-refractivity contribution in [3.63, 3.8) is 0 Å². The van der Waals surface area contributed by atoms with Crippen LogP contribution in [0.2, 0.25) is 5.28 Å². The molecule has 0 unspecified atom stereocenters. The van der Waals surface area contributed by atoms with Gasteiger partial charge in [0, 0.05) is 11.4 Å². The van der Waals surface area contributed by atoms with Crippen LogP contribution >= 0.6 is 11.6 Å². The molecule has 0 N–H and O–H groups in total. The first-order valence-corrected chi connectivity index (χ1v) is 4.60. The number of hydrogen-bond acceptors (Lipinski definition) is 2. The fraction of sp³-hybridized carbons (Fsp3) is 0.556. The molecular formula is C9H13ClN2. The van der Waals surface area contributed by atoms with E-state index in [1.807, 2.05) is 13.0 Å². The van der Waals surface area contributed by atoms with Gasteiger partial charge in [0.1, 0.15) is 0 Å². The molecular weight excluding hydrogens is 172 g/mol. The first-order chi connectivity index (χ1) is 5.72. The van der Waals surface area contributed by atoms with Crippen LogP contribution in [0, 0.1) is 6.92 Å². The predicted molar refractivity (Wildman–Crippen MR) is 50.4 cm³/mol. The van der Waals surface area contributed by atoms with E-state index in [1.54, 1.807) is 0 Å². The van der Waals surface area contributed by atoms with Crippen molar-refractivity contribution in [3.05, 3.63) is 22.7 Å². The number of halogens is 1. The van der Waals surface area contributed by atoms with Crippen molar-refractivity contribution in [3.8, 4) is 0 Å². The number of aromatic nitrogens is 2. The quantitative estimate of drug-likeness (QED) is 0.676. The molecule has 1 heterocycles. The molecule has 0 saturated carbocycles. The Labute approximate surface area is 78.0 Å².